The maximum absolute atomic E-state index is 6.21. The third-order valence-electron chi connectivity index (χ3n) is 2.70. The number of rotatable bonds is 2. The monoisotopic (exact) mass is 246 g/mol. The fourth-order valence-electron chi connectivity index (χ4n) is 1.79. The van der Waals surface area contributed by atoms with Crippen molar-refractivity contribution >= 4 is 11.6 Å². The fourth-order valence-corrected chi connectivity index (χ4v) is 2.14. The van der Waals surface area contributed by atoms with E-state index in [0.29, 0.717) is 5.02 Å². The van der Waals surface area contributed by atoms with Gasteiger partial charge in [-0.1, -0.05) is 23.7 Å². The summed E-state index contributed by atoms with van der Waals surface area (Å²) in [7, 11) is 0. The molecule has 1 heterocycles. The molecule has 1 atom stereocenters. The number of aromatic nitrogens is 1. The van der Waals surface area contributed by atoms with Gasteiger partial charge in [-0.25, -0.2) is 0 Å². The highest BCUT2D eigenvalue weighted by atomic mass is 35.5. The average molecular weight is 247 g/mol. The maximum Gasteiger partial charge on any atom is 0.0459 e. The SMILES string of the molecule is Cc1cncc(-c2ccc(C(C)N)c(Cl)c2)c1. The van der Waals surface area contributed by atoms with Gasteiger partial charge in [0.1, 0.15) is 0 Å². The first-order chi connectivity index (χ1) is 8.08. The summed E-state index contributed by atoms with van der Waals surface area (Å²) in [6.45, 7) is 3.95. The van der Waals surface area contributed by atoms with Gasteiger partial charge in [-0.2, -0.15) is 0 Å². The van der Waals surface area contributed by atoms with Crippen molar-refractivity contribution in [3.63, 3.8) is 0 Å². The number of hydrogen-bond acceptors (Lipinski definition) is 2. The molecule has 0 radical (unpaired) electrons. The Hall–Kier alpha value is -1.38. The minimum atomic E-state index is -0.0489. The van der Waals surface area contributed by atoms with E-state index in [-0.39, 0.29) is 6.04 Å². The van der Waals surface area contributed by atoms with Gasteiger partial charge in [-0.3, -0.25) is 4.98 Å². The Morgan fingerprint density at radius 1 is 1.18 bits per heavy atom. The number of benzene rings is 1. The zero-order valence-corrected chi connectivity index (χ0v) is 10.7. The molecule has 1 aromatic heterocycles. The van der Waals surface area contributed by atoms with Crippen LogP contribution in [0.4, 0.5) is 0 Å². The van der Waals surface area contributed by atoms with Gasteiger partial charge < -0.3 is 5.73 Å². The van der Waals surface area contributed by atoms with Gasteiger partial charge in [0.15, 0.2) is 0 Å². The van der Waals surface area contributed by atoms with Gasteiger partial charge in [0, 0.05) is 29.0 Å². The Morgan fingerprint density at radius 3 is 2.53 bits per heavy atom. The highest BCUT2D eigenvalue weighted by Gasteiger charge is 2.07. The van der Waals surface area contributed by atoms with Crippen LogP contribution < -0.4 is 5.73 Å². The molecular formula is C14H15ClN2. The zero-order valence-electron chi connectivity index (χ0n) is 9.94. The van der Waals surface area contributed by atoms with Crippen molar-refractivity contribution in [3.8, 4) is 11.1 Å². The predicted octanol–water partition coefficient (Wildman–Crippen LogP) is 3.73. The molecule has 0 saturated heterocycles. The van der Waals surface area contributed by atoms with Crippen LogP contribution in [0.2, 0.25) is 5.02 Å². The molecule has 0 spiro atoms. The van der Waals surface area contributed by atoms with Gasteiger partial charge in [-0.15, -0.1) is 0 Å². The van der Waals surface area contributed by atoms with E-state index in [4.69, 9.17) is 17.3 Å². The van der Waals surface area contributed by atoms with Crippen LogP contribution in [0, 0.1) is 6.92 Å². The summed E-state index contributed by atoms with van der Waals surface area (Å²) in [4.78, 5) is 4.18. The molecule has 0 aliphatic carbocycles. The number of pyridine rings is 1. The molecular weight excluding hydrogens is 232 g/mol. The molecule has 2 rings (SSSR count). The summed E-state index contributed by atoms with van der Waals surface area (Å²) in [5.41, 5.74) is 10.1. The number of halogens is 1. The Morgan fingerprint density at radius 2 is 1.94 bits per heavy atom. The molecule has 1 aromatic carbocycles. The lowest BCUT2D eigenvalue weighted by molar-refractivity contribution is 0.819. The normalized spacial score (nSPS) is 12.5. The van der Waals surface area contributed by atoms with E-state index in [9.17, 15) is 0 Å². The van der Waals surface area contributed by atoms with Crippen molar-refractivity contribution in [1.82, 2.24) is 4.98 Å². The van der Waals surface area contributed by atoms with Crippen LogP contribution in [-0.2, 0) is 0 Å². The van der Waals surface area contributed by atoms with Gasteiger partial charge >= 0.3 is 0 Å². The second-order valence-corrected chi connectivity index (χ2v) is 4.68. The van der Waals surface area contributed by atoms with Crippen molar-refractivity contribution in [2.24, 2.45) is 5.73 Å². The molecule has 1 unspecified atom stereocenters. The minimum Gasteiger partial charge on any atom is -0.324 e. The van der Waals surface area contributed by atoms with Crippen molar-refractivity contribution in [3.05, 3.63) is 52.8 Å². The largest absolute Gasteiger partial charge is 0.324 e. The van der Waals surface area contributed by atoms with E-state index in [2.05, 4.69) is 11.1 Å². The van der Waals surface area contributed by atoms with Crippen molar-refractivity contribution in [2.45, 2.75) is 19.9 Å². The average Bonchev–Trinajstić information content (AvgIpc) is 2.28. The Bertz CT molecular complexity index is 535. The summed E-state index contributed by atoms with van der Waals surface area (Å²) in [6, 6.07) is 7.99. The van der Waals surface area contributed by atoms with Gasteiger partial charge in [0.05, 0.1) is 0 Å². The molecule has 0 fully saturated rings. The summed E-state index contributed by atoms with van der Waals surface area (Å²) in [5, 5.41) is 0.707. The van der Waals surface area contributed by atoms with Gasteiger partial charge in [0.25, 0.3) is 0 Å². The summed E-state index contributed by atoms with van der Waals surface area (Å²) >= 11 is 6.21. The lowest BCUT2D eigenvalue weighted by Crippen LogP contribution is -2.05. The number of nitrogens with two attached hydrogens (primary N) is 1. The van der Waals surface area contributed by atoms with E-state index < -0.39 is 0 Å². The van der Waals surface area contributed by atoms with Crippen LogP contribution in [0.25, 0.3) is 11.1 Å². The second-order valence-electron chi connectivity index (χ2n) is 4.28. The second kappa shape index (κ2) is 4.86. The molecule has 0 bridgehead atoms. The highest BCUT2D eigenvalue weighted by Crippen LogP contribution is 2.28. The van der Waals surface area contributed by atoms with E-state index in [1.807, 2.05) is 44.4 Å². The van der Waals surface area contributed by atoms with Crippen LogP contribution in [0.1, 0.15) is 24.1 Å². The molecule has 3 heteroatoms. The van der Waals surface area contributed by atoms with E-state index in [1.54, 1.807) is 0 Å². The molecule has 0 amide bonds. The van der Waals surface area contributed by atoms with Gasteiger partial charge in [0.2, 0.25) is 0 Å². The van der Waals surface area contributed by atoms with Crippen LogP contribution in [-0.4, -0.2) is 4.98 Å². The molecule has 2 nitrogen and oxygen atoms in total. The minimum absolute atomic E-state index is 0.0489. The van der Waals surface area contributed by atoms with Crippen LogP contribution in [0.5, 0.6) is 0 Å². The highest BCUT2D eigenvalue weighted by molar-refractivity contribution is 6.31. The quantitative estimate of drug-likeness (QED) is 0.877. The first kappa shape index (κ1) is 12.1. The summed E-state index contributed by atoms with van der Waals surface area (Å²) < 4.78 is 0. The van der Waals surface area contributed by atoms with Crippen molar-refractivity contribution < 1.29 is 0 Å². The van der Waals surface area contributed by atoms with E-state index in [1.165, 1.54) is 0 Å². The topological polar surface area (TPSA) is 38.9 Å². The Balaban J connectivity index is 2.44. The van der Waals surface area contributed by atoms with E-state index >= 15 is 0 Å². The molecule has 0 saturated carbocycles. The summed E-state index contributed by atoms with van der Waals surface area (Å²) in [5.74, 6) is 0. The molecule has 17 heavy (non-hydrogen) atoms. The Labute approximate surface area is 106 Å². The Kier molecular flexibility index (Phi) is 3.46. The van der Waals surface area contributed by atoms with Crippen LogP contribution in [0.3, 0.4) is 0 Å². The molecule has 0 aliphatic rings. The lowest BCUT2D eigenvalue weighted by Gasteiger charge is -2.10. The molecule has 88 valence electrons. The standard InChI is InChI=1S/C14H15ClN2/c1-9-5-12(8-17-7-9)11-3-4-13(10(2)16)14(15)6-11/h3-8,10H,16H2,1-2H3. The molecule has 2 aromatic rings. The fraction of sp³-hybridized carbons (Fsp3) is 0.214. The van der Waals surface area contributed by atoms with Crippen molar-refractivity contribution in [2.75, 3.05) is 0 Å². The van der Waals surface area contributed by atoms with Crippen LogP contribution >= 0.6 is 11.6 Å². The first-order valence-corrected chi connectivity index (χ1v) is 5.93. The predicted molar refractivity (Wildman–Crippen MR) is 72.0 cm³/mol. The molecule has 0 aliphatic heterocycles. The lowest BCUT2D eigenvalue weighted by atomic mass is 10.0. The first-order valence-electron chi connectivity index (χ1n) is 5.55. The van der Waals surface area contributed by atoms with Crippen LogP contribution in [0.15, 0.2) is 36.7 Å². The van der Waals surface area contributed by atoms with E-state index in [0.717, 1.165) is 22.3 Å². The third kappa shape index (κ3) is 2.65. The number of nitrogens with zero attached hydrogens (tertiary/aromatic N) is 1. The number of aryl methyl sites for hydroxylation is 1. The zero-order chi connectivity index (χ0) is 12.4. The summed E-state index contributed by atoms with van der Waals surface area (Å²) in [6.07, 6.45) is 3.67. The smallest absolute Gasteiger partial charge is 0.0459 e. The van der Waals surface area contributed by atoms with Gasteiger partial charge in [-0.05, 0) is 42.7 Å². The molecule has 2 N–H and O–H groups in total. The maximum atomic E-state index is 6.21. The van der Waals surface area contributed by atoms with Crippen molar-refractivity contribution in [1.29, 1.82) is 0 Å². The number of hydrogen-bond donors (Lipinski definition) is 1. The third-order valence-corrected chi connectivity index (χ3v) is 3.03.